The van der Waals surface area contributed by atoms with E-state index in [2.05, 4.69) is 15.0 Å². The van der Waals surface area contributed by atoms with Gasteiger partial charge in [0, 0.05) is 50.4 Å². The summed E-state index contributed by atoms with van der Waals surface area (Å²) in [7, 11) is 3.49. The van der Waals surface area contributed by atoms with Crippen LogP contribution in [0.4, 0.5) is 5.82 Å². The van der Waals surface area contributed by atoms with Gasteiger partial charge < -0.3 is 25.1 Å². The fraction of sp³-hybridized carbons (Fsp3) is 0.333. The predicted molar refractivity (Wildman–Crippen MR) is 114 cm³/mol. The molecule has 2 aromatic rings. The van der Waals surface area contributed by atoms with Gasteiger partial charge in [-0.05, 0) is 18.6 Å². The van der Waals surface area contributed by atoms with Crippen LogP contribution in [0.5, 0.6) is 0 Å². The quantitative estimate of drug-likeness (QED) is 0.504. The van der Waals surface area contributed by atoms with E-state index in [0.29, 0.717) is 30.4 Å². The number of methoxy groups -OCH3 is 1. The first kappa shape index (κ1) is 19.5. The highest BCUT2D eigenvalue weighted by molar-refractivity contribution is 5.99. The number of nitrogens with two attached hydrogens (primary N) is 1. The fourth-order valence-corrected chi connectivity index (χ4v) is 4.23. The number of fused-ring (bicyclic) bond motifs is 2. The van der Waals surface area contributed by atoms with Crippen LogP contribution in [0, 0.1) is 0 Å². The molecule has 0 saturated carbocycles. The van der Waals surface area contributed by atoms with Crippen molar-refractivity contribution in [2.75, 3.05) is 32.7 Å². The highest BCUT2D eigenvalue weighted by atomic mass is 16.5. The summed E-state index contributed by atoms with van der Waals surface area (Å²) in [5, 5.41) is 7.34. The van der Waals surface area contributed by atoms with E-state index in [1.54, 1.807) is 24.9 Å². The molecule has 0 bridgehead atoms. The van der Waals surface area contributed by atoms with E-state index in [4.69, 9.17) is 25.2 Å². The number of pyridine rings is 1. The minimum Gasteiger partial charge on any atom is -0.379 e. The Labute approximate surface area is 178 Å². The van der Waals surface area contributed by atoms with Crippen molar-refractivity contribution in [2.24, 2.45) is 5.73 Å². The van der Waals surface area contributed by atoms with E-state index < -0.39 is 5.91 Å². The Hall–Kier alpha value is -3.50. The maximum absolute atomic E-state index is 11.8. The van der Waals surface area contributed by atoms with Crippen molar-refractivity contribution < 1.29 is 14.3 Å². The Morgan fingerprint density at radius 1 is 1.35 bits per heavy atom. The maximum atomic E-state index is 11.8. The maximum Gasteiger partial charge on any atom is 0.254 e. The van der Waals surface area contributed by atoms with Gasteiger partial charge in [-0.1, -0.05) is 0 Å². The van der Waals surface area contributed by atoms with Crippen LogP contribution in [0.3, 0.4) is 0 Å². The second-order valence-electron chi connectivity index (χ2n) is 7.46. The van der Waals surface area contributed by atoms with Crippen molar-refractivity contribution in [3.63, 3.8) is 0 Å². The largest absolute Gasteiger partial charge is 0.379 e. The van der Waals surface area contributed by atoms with Crippen molar-refractivity contribution in [3.05, 3.63) is 42.4 Å². The summed E-state index contributed by atoms with van der Waals surface area (Å²) in [5.74, 6) is 0.965. The molecule has 0 aromatic carbocycles. The zero-order valence-corrected chi connectivity index (χ0v) is 17.3. The van der Waals surface area contributed by atoms with Crippen molar-refractivity contribution >= 4 is 17.4 Å². The van der Waals surface area contributed by atoms with Crippen LogP contribution in [0.2, 0.25) is 0 Å². The summed E-state index contributed by atoms with van der Waals surface area (Å²) >= 11 is 0. The molecule has 3 aliphatic heterocycles. The minimum atomic E-state index is -0.574. The normalized spacial score (nSPS) is 19.2. The van der Waals surface area contributed by atoms with Gasteiger partial charge in [-0.15, -0.1) is 0 Å². The number of rotatable bonds is 5. The number of amides is 1. The van der Waals surface area contributed by atoms with Crippen molar-refractivity contribution in [1.29, 1.82) is 0 Å². The Morgan fingerprint density at radius 3 is 3.00 bits per heavy atom. The molecule has 160 valence electrons. The molecule has 1 saturated heterocycles. The van der Waals surface area contributed by atoms with E-state index >= 15 is 0 Å². The van der Waals surface area contributed by atoms with Crippen molar-refractivity contribution in [2.45, 2.75) is 18.6 Å². The molecule has 5 heterocycles. The summed E-state index contributed by atoms with van der Waals surface area (Å²) < 4.78 is 15.0. The van der Waals surface area contributed by atoms with Crippen LogP contribution in [-0.4, -0.2) is 63.5 Å². The molecule has 5 rings (SSSR count). The van der Waals surface area contributed by atoms with Gasteiger partial charge in [-0.3, -0.25) is 4.79 Å². The van der Waals surface area contributed by atoms with Gasteiger partial charge >= 0.3 is 0 Å². The molecule has 1 fully saturated rings. The molecule has 10 nitrogen and oxygen atoms in total. The summed E-state index contributed by atoms with van der Waals surface area (Å²) in [6.45, 7) is 1.24. The molecule has 1 amide bonds. The lowest BCUT2D eigenvalue weighted by atomic mass is 10.0. The SMILES string of the molecule is CNc1cc(-c2cnc3n(C4CCOC[C@@H]4OC)cccc2-3)nc2c(C(N)=O)cnn12. The van der Waals surface area contributed by atoms with E-state index in [9.17, 15) is 4.79 Å². The number of anilines is 1. The van der Waals surface area contributed by atoms with Gasteiger partial charge in [0.1, 0.15) is 23.3 Å². The number of nitrogens with zero attached hydrogens (tertiary/aromatic N) is 5. The van der Waals surface area contributed by atoms with Crippen LogP contribution in [0.1, 0.15) is 22.8 Å². The monoisotopic (exact) mass is 421 g/mol. The zero-order chi connectivity index (χ0) is 21.5. The van der Waals surface area contributed by atoms with Crippen LogP contribution < -0.4 is 11.1 Å². The Kier molecular flexibility index (Phi) is 4.79. The summed E-state index contributed by atoms with van der Waals surface area (Å²) in [5.41, 5.74) is 8.68. The molecule has 10 heteroatoms. The lowest BCUT2D eigenvalue weighted by Gasteiger charge is -2.33. The smallest absolute Gasteiger partial charge is 0.254 e. The van der Waals surface area contributed by atoms with Gasteiger partial charge in [0.2, 0.25) is 0 Å². The molecule has 2 atom stereocenters. The highest BCUT2D eigenvalue weighted by Crippen LogP contribution is 2.37. The van der Waals surface area contributed by atoms with E-state index in [-0.39, 0.29) is 17.7 Å². The van der Waals surface area contributed by atoms with Crippen molar-refractivity contribution in [1.82, 2.24) is 24.1 Å². The molecule has 31 heavy (non-hydrogen) atoms. The third-order valence-electron chi connectivity index (χ3n) is 5.80. The van der Waals surface area contributed by atoms with Crippen LogP contribution in [-0.2, 0) is 9.47 Å². The fourth-order valence-electron chi connectivity index (χ4n) is 4.23. The number of carbonyl (C=O) groups excluding carboxylic acids is 1. The van der Waals surface area contributed by atoms with Gasteiger partial charge in [0.05, 0.1) is 24.5 Å². The Bertz CT molecular complexity index is 1230. The van der Waals surface area contributed by atoms with E-state index in [0.717, 1.165) is 23.4 Å². The first-order chi connectivity index (χ1) is 15.1. The standard InChI is InChI=1S/C21H23N7O3/c1-23-18-8-15(26-21-14(19(22)29)10-25-28(18)21)13-9-24-20-12(13)4-3-6-27(20)16-5-7-31-11-17(16)30-2/h3-4,6,8-10,16-17,23H,5,7,11H2,1-2H3,(H2,22,29)/t16?,17-/m0/s1. The van der Waals surface area contributed by atoms with Gasteiger partial charge in [0.25, 0.3) is 5.91 Å². The minimum absolute atomic E-state index is 0.0419. The average Bonchev–Trinajstić information content (AvgIpc) is 3.42. The zero-order valence-electron chi connectivity index (χ0n) is 17.3. The number of ether oxygens (including phenoxy) is 2. The summed E-state index contributed by atoms with van der Waals surface area (Å²) in [4.78, 5) is 21.2. The van der Waals surface area contributed by atoms with Crippen LogP contribution in [0.15, 0.2) is 36.8 Å². The molecule has 0 aliphatic carbocycles. The third-order valence-corrected chi connectivity index (χ3v) is 5.80. The number of hydrogen-bond donors (Lipinski definition) is 2. The molecule has 3 aliphatic rings. The van der Waals surface area contributed by atoms with Crippen LogP contribution >= 0.6 is 0 Å². The number of carbonyl (C=O) groups is 1. The van der Waals surface area contributed by atoms with Crippen molar-refractivity contribution in [3.8, 4) is 22.6 Å². The predicted octanol–water partition coefficient (Wildman–Crippen LogP) is 1.81. The van der Waals surface area contributed by atoms with Gasteiger partial charge in [0.15, 0.2) is 5.65 Å². The molecular weight excluding hydrogens is 398 g/mol. The molecule has 3 N–H and O–H groups in total. The number of nitrogens with one attached hydrogen (secondary N) is 1. The van der Waals surface area contributed by atoms with Crippen LogP contribution in [0.25, 0.3) is 28.3 Å². The lowest BCUT2D eigenvalue weighted by Crippen LogP contribution is -2.36. The van der Waals surface area contributed by atoms with Gasteiger partial charge in [-0.2, -0.15) is 9.61 Å². The number of primary amides is 1. The summed E-state index contributed by atoms with van der Waals surface area (Å²) in [6.07, 6.45) is 6.07. The van der Waals surface area contributed by atoms with Gasteiger partial charge in [-0.25, -0.2) is 9.97 Å². The Balaban J connectivity index is 1.63. The first-order valence-corrected chi connectivity index (χ1v) is 10.0. The molecule has 1 unspecified atom stereocenters. The first-order valence-electron chi connectivity index (χ1n) is 10.0. The third kappa shape index (κ3) is 3.11. The second kappa shape index (κ2) is 7.64. The number of hydrogen-bond acceptors (Lipinski definition) is 7. The molecule has 2 aromatic heterocycles. The Morgan fingerprint density at radius 2 is 2.23 bits per heavy atom. The lowest BCUT2D eigenvalue weighted by molar-refractivity contribution is -0.0600. The molecule has 0 radical (unpaired) electrons. The molecular formula is C21H23N7O3. The molecule has 0 spiro atoms. The average molecular weight is 421 g/mol. The number of aromatic nitrogens is 5. The van der Waals surface area contributed by atoms with E-state index in [1.165, 1.54) is 6.20 Å². The second-order valence-corrected chi connectivity index (χ2v) is 7.46. The van der Waals surface area contributed by atoms with E-state index in [1.807, 2.05) is 24.4 Å². The summed E-state index contributed by atoms with van der Waals surface area (Å²) in [6, 6.07) is 6.03. The highest BCUT2D eigenvalue weighted by Gasteiger charge is 2.30. The topological polar surface area (TPSA) is 122 Å².